The summed E-state index contributed by atoms with van der Waals surface area (Å²) in [5.41, 5.74) is 10.4. The molecule has 0 saturated heterocycles. The fraction of sp³-hybridized carbons (Fsp3) is 0. The van der Waals surface area contributed by atoms with Crippen LogP contribution in [0.25, 0.3) is 77.2 Å². The minimum atomic E-state index is 0.514. The van der Waals surface area contributed by atoms with E-state index in [1.54, 1.807) is 0 Å². The second-order valence-corrected chi connectivity index (χ2v) is 11.9. The molecule has 0 N–H and O–H groups in total. The van der Waals surface area contributed by atoms with Crippen molar-refractivity contribution in [2.45, 2.75) is 0 Å². The van der Waals surface area contributed by atoms with Gasteiger partial charge in [-0.25, -0.2) is 0 Å². The van der Waals surface area contributed by atoms with Gasteiger partial charge in [0.15, 0.2) is 0 Å². The summed E-state index contributed by atoms with van der Waals surface area (Å²) in [5.74, 6) is 0. The molecule has 0 radical (unpaired) electrons. The largest absolute Gasteiger partial charge is 0.309 e. The fourth-order valence-electron chi connectivity index (χ4n) is 7.47. The first-order valence-corrected chi connectivity index (χ1v) is 15.9. The van der Waals surface area contributed by atoms with Crippen molar-refractivity contribution in [2.75, 3.05) is 0 Å². The molecule has 0 spiro atoms. The summed E-state index contributed by atoms with van der Waals surface area (Å²) in [6, 6.07) is 58.7. The van der Waals surface area contributed by atoms with Crippen molar-refractivity contribution < 1.29 is 0 Å². The molecular formula is C44H26N4. The highest BCUT2D eigenvalue weighted by molar-refractivity contribution is 6.11. The molecule has 0 aliphatic rings. The van der Waals surface area contributed by atoms with E-state index in [2.05, 4.69) is 118 Å². The van der Waals surface area contributed by atoms with Crippen molar-refractivity contribution in [1.82, 2.24) is 9.13 Å². The van der Waals surface area contributed by atoms with E-state index in [0.717, 1.165) is 66.5 Å². The van der Waals surface area contributed by atoms with E-state index in [-0.39, 0.29) is 0 Å². The number of rotatable bonds is 4. The van der Waals surface area contributed by atoms with Crippen molar-refractivity contribution in [3.8, 4) is 45.8 Å². The van der Waals surface area contributed by atoms with Gasteiger partial charge in [-0.15, -0.1) is 0 Å². The normalized spacial score (nSPS) is 11.3. The second-order valence-electron chi connectivity index (χ2n) is 11.9. The third-order valence-electron chi connectivity index (χ3n) is 9.44. The molecule has 4 heteroatoms. The zero-order valence-electron chi connectivity index (χ0n) is 25.8. The van der Waals surface area contributed by atoms with Gasteiger partial charge in [-0.05, 0) is 48.0 Å². The minimum Gasteiger partial charge on any atom is -0.309 e. The maximum atomic E-state index is 10.9. The highest BCUT2D eigenvalue weighted by atomic mass is 15.0. The van der Waals surface area contributed by atoms with Gasteiger partial charge in [-0.1, -0.05) is 115 Å². The average Bonchev–Trinajstić information content (AvgIpc) is 3.67. The maximum absolute atomic E-state index is 10.9. The Morgan fingerprint density at radius 3 is 1.31 bits per heavy atom. The number of hydrogen-bond acceptors (Lipinski definition) is 2. The van der Waals surface area contributed by atoms with Gasteiger partial charge in [0.1, 0.15) is 6.07 Å². The zero-order chi connectivity index (χ0) is 32.2. The van der Waals surface area contributed by atoms with Crippen LogP contribution in [0.5, 0.6) is 0 Å². The summed E-state index contributed by atoms with van der Waals surface area (Å²) in [7, 11) is 0. The van der Waals surface area contributed by atoms with E-state index < -0.39 is 0 Å². The van der Waals surface area contributed by atoms with Crippen molar-refractivity contribution in [3.63, 3.8) is 0 Å². The van der Waals surface area contributed by atoms with E-state index >= 15 is 0 Å². The summed E-state index contributed by atoms with van der Waals surface area (Å²) in [6.45, 7) is 0. The molecule has 0 aliphatic carbocycles. The molecule has 2 aromatic heterocycles. The topological polar surface area (TPSA) is 57.4 Å². The quantitative estimate of drug-likeness (QED) is 0.199. The Morgan fingerprint density at radius 2 is 0.771 bits per heavy atom. The summed E-state index contributed by atoms with van der Waals surface area (Å²) < 4.78 is 4.48. The van der Waals surface area contributed by atoms with Crippen LogP contribution in [0.2, 0.25) is 0 Å². The van der Waals surface area contributed by atoms with Gasteiger partial charge in [0, 0.05) is 38.2 Å². The Hall–Kier alpha value is -6.88. The number of para-hydroxylation sites is 5. The highest BCUT2D eigenvalue weighted by Gasteiger charge is 2.23. The predicted octanol–water partition coefficient (Wildman–Crippen LogP) is 11.0. The smallest absolute Gasteiger partial charge is 0.102 e. The molecule has 2 heterocycles. The number of hydrogen-bond donors (Lipinski definition) is 0. The lowest BCUT2D eigenvalue weighted by Crippen LogP contribution is -2.02. The van der Waals surface area contributed by atoms with Gasteiger partial charge in [-0.3, -0.25) is 0 Å². The standard InChI is InChI=1S/C44H26N4/c45-27-29-13-11-19-35(34-18-5-10-25-42(34)47-38-21-6-1-14-30(38)31-15-2-7-22-39(31)47)44(29)36-20-12-26-43(37(36)28-46)48-40-23-8-3-16-32(40)33-17-4-9-24-41(33)48/h1-26H. The Labute approximate surface area is 277 Å². The van der Waals surface area contributed by atoms with Gasteiger partial charge in [0.2, 0.25) is 0 Å². The van der Waals surface area contributed by atoms with Gasteiger partial charge >= 0.3 is 0 Å². The highest BCUT2D eigenvalue weighted by Crippen LogP contribution is 2.43. The molecule has 9 aromatic rings. The van der Waals surface area contributed by atoms with Crippen LogP contribution in [-0.4, -0.2) is 9.13 Å². The molecule has 0 fully saturated rings. The van der Waals surface area contributed by atoms with Crippen molar-refractivity contribution in [2.24, 2.45) is 0 Å². The Morgan fingerprint density at radius 1 is 0.354 bits per heavy atom. The van der Waals surface area contributed by atoms with Crippen LogP contribution in [0.15, 0.2) is 158 Å². The number of fused-ring (bicyclic) bond motifs is 6. The number of aromatic nitrogens is 2. The van der Waals surface area contributed by atoms with E-state index in [9.17, 15) is 10.5 Å². The van der Waals surface area contributed by atoms with Gasteiger partial charge in [0.05, 0.1) is 50.6 Å². The predicted molar refractivity (Wildman–Crippen MR) is 195 cm³/mol. The van der Waals surface area contributed by atoms with Crippen LogP contribution in [-0.2, 0) is 0 Å². The van der Waals surface area contributed by atoms with Crippen LogP contribution in [0.4, 0.5) is 0 Å². The first-order valence-electron chi connectivity index (χ1n) is 15.9. The van der Waals surface area contributed by atoms with Crippen LogP contribution < -0.4 is 0 Å². The van der Waals surface area contributed by atoms with Crippen molar-refractivity contribution in [1.29, 1.82) is 10.5 Å². The Balaban J connectivity index is 1.35. The lowest BCUT2D eigenvalue weighted by atomic mass is 9.87. The molecule has 0 atom stereocenters. The maximum Gasteiger partial charge on any atom is 0.102 e. The molecule has 4 nitrogen and oxygen atoms in total. The van der Waals surface area contributed by atoms with E-state index in [1.807, 2.05) is 60.7 Å². The monoisotopic (exact) mass is 610 g/mol. The van der Waals surface area contributed by atoms with Gasteiger partial charge in [-0.2, -0.15) is 10.5 Å². The lowest BCUT2D eigenvalue weighted by molar-refractivity contribution is 1.17. The number of nitrogens with zero attached hydrogens (tertiary/aromatic N) is 4. The summed E-state index contributed by atoms with van der Waals surface area (Å²) in [6.07, 6.45) is 0. The molecule has 0 amide bonds. The first-order chi connectivity index (χ1) is 23.8. The van der Waals surface area contributed by atoms with E-state index in [4.69, 9.17) is 0 Å². The summed E-state index contributed by atoms with van der Waals surface area (Å²) in [4.78, 5) is 0. The number of benzene rings is 7. The summed E-state index contributed by atoms with van der Waals surface area (Å²) >= 11 is 0. The fourth-order valence-corrected chi connectivity index (χ4v) is 7.47. The molecule has 0 bridgehead atoms. The third-order valence-corrected chi connectivity index (χ3v) is 9.44. The van der Waals surface area contributed by atoms with Crippen molar-refractivity contribution in [3.05, 3.63) is 169 Å². The SMILES string of the molecule is N#Cc1cccc(-c2ccccc2-n2c3ccccc3c3ccccc32)c1-c1cccc(-n2c3ccccc3c3ccccc32)c1C#N. The second kappa shape index (κ2) is 10.9. The average molecular weight is 611 g/mol. The molecule has 222 valence electrons. The third kappa shape index (κ3) is 3.94. The minimum absolute atomic E-state index is 0.514. The molecule has 0 unspecified atom stereocenters. The molecule has 9 rings (SSSR count). The van der Waals surface area contributed by atoms with Gasteiger partial charge in [0.25, 0.3) is 0 Å². The Kier molecular flexibility index (Phi) is 6.22. The van der Waals surface area contributed by atoms with Crippen LogP contribution >= 0.6 is 0 Å². The molecular weight excluding hydrogens is 585 g/mol. The molecule has 0 saturated carbocycles. The van der Waals surface area contributed by atoms with Crippen LogP contribution in [0, 0.1) is 22.7 Å². The molecule has 7 aromatic carbocycles. The van der Waals surface area contributed by atoms with Crippen LogP contribution in [0.1, 0.15) is 11.1 Å². The summed E-state index contributed by atoms with van der Waals surface area (Å²) in [5, 5.41) is 26.1. The molecule has 0 aliphatic heterocycles. The Bertz CT molecular complexity index is 2710. The van der Waals surface area contributed by atoms with E-state index in [0.29, 0.717) is 11.1 Å². The van der Waals surface area contributed by atoms with E-state index in [1.165, 1.54) is 10.8 Å². The lowest BCUT2D eigenvalue weighted by Gasteiger charge is -2.19. The van der Waals surface area contributed by atoms with Crippen LogP contribution in [0.3, 0.4) is 0 Å². The number of nitriles is 2. The van der Waals surface area contributed by atoms with Crippen molar-refractivity contribution >= 4 is 43.6 Å². The molecule has 48 heavy (non-hydrogen) atoms. The zero-order valence-corrected chi connectivity index (χ0v) is 25.8. The van der Waals surface area contributed by atoms with Gasteiger partial charge < -0.3 is 9.13 Å². The first kappa shape index (κ1) is 27.4.